The van der Waals surface area contributed by atoms with E-state index < -0.39 is 16.1 Å². The fourth-order valence-electron chi connectivity index (χ4n) is 3.71. The van der Waals surface area contributed by atoms with Crippen molar-refractivity contribution in [2.24, 2.45) is 5.92 Å². The van der Waals surface area contributed by atoms with Crippen molar-refractivity contribution in [1.29, 1.82) is 0 Å². The molecule has 0 N–H and O–H groups in total. The number of hydrogen-bond donors (Lipinski definition) is 0. The first kappa shape index (κ1) is 24.0. The molecule has 1 saturated heterocycles. The first-order valence-electron chi connectivity index (χ1n) is 10.4. The molecule has 0 spiro atoms. The number of piperidine rings is 1. The minimum absolute atomic E-state index is 0.216. The molecule has 0 bridgehead atoms. The summed E-state index contributed by atoms with van der Waals surface area (Å²) in [5.41, 5.74) is 0.419. The van der Waals surface area contributed by atoms with Crippen LogP contribution in [-0.4, -0.2) is 63.8 Å². The third-order valence-electron chi connectivity index (χ3n) is 5.14. The normalized spacial score (nSPS) is 16.1. The van der Waals surface area contributed by atoms with E-state index in [1.165, 1.54) is 4.31 Å². The van der Waals surface area contributed by atoms with E-state index in [1.54, 1.807) is 43.0 Å². The van der Waals surface area contributed by atoms with Gasteiger partial charge in [0.25, 0.3) is 0 Å². The molecule has 0 aromatic heterocycles. The highest BCUT2D eigenvalue weighted by Crippen LogP contribution is 2.27. The molecule has 1 aliphatic rings. The van der Waals surface area contributed by atoms with E-state index in [-0.39, 0.29) is 17.8 Å². The topological polar surface area (TPSA) is 93.2 Å². The molecule has 0 unspecified atom stereocenters. The van der Waals surface area contributed by atoms with Crippen LogP contribution in [0.1, 0.15) is 40.0 Å². The van der Waals surface area contributed by atoms with Crippen LogP contribution >= 0.6 is 0 Å². The van der Waals surface area contributed by atoms with E-state index in [0.29, 0.717) is 57.0 Å². The van der Waals surface area contributed by atoms with Gasteiger partial charge in [0.2, 0.25) is 15.9 Å². The van der Waals surface area contributed by atoms with Crippen molar-refractivity contribution >= 4 is 27.6 Å². The van der Waals surface area contributed by atoms with Crippen LogP contribution in [0.4, 0.5) is 5.69 Å². The summed E-state index contributed by atoms with van der Waals surface area (Å²) in [5, 5.41) is 0. The van der Waals surface area contributed by atoms with Crippen molar-refractivity contribution in [3.05, 3.63) is 24.3 Å². The van der Waals surface area contributed by atoms with Crippen LogP contribution in [-0.2, 0) is 24.3 Å². The first-order valence-corrected chi connectivity index (χ1v) is 12.2. The highest BCUT2D eigenvalue weighted by atomic mass is 32.2. The lowest BCUT2D eigenvalue weighted by molar-refractivity contribution is -0.151. The number of sulfonamides is 1. The molecule has 1 atom stereocenters. The van der Waals surface area contributed by atoms with E-state index in [1.807, 2.05) is 6.92 Å². The zero-order chi connectivity index (χ0) is 22.3. The van der Waals surface area contributed by atoms with Crippen molar-refractivity contribution in [1.82, 2.24) is 4.90 Å². The lowest BCUT2D eigenvalue weighted by Gasteiger charge is -2.37. The summed E-state index contributed by atoms with van der Waals surface area (Å²) < 4.78 is 36.9. The molecule has 0 aliphatic carbocycles. The molecule has 2 rings (SSSR count). The van der Waals surface area contributed by atoms with Crippen molar-refractivity contribution in [3.63, 3.8) is 0 Å². The Bertz CT molecular complexity index is 816. The Labute approximate surface area is 179 Å². The molecule has 30 heavy (non-hydrogen) atoms. The van der Waals surface area contributed by atoms with Crippen LogP contribution in [0.2, 0.25) is 0 Å². The third-order valence-corrected chi connectivity index (χ3v) is 6.32. The number of nitrogens with zero attached hydrogens (tertiary/aromatic N) is 2. The van der Waals surface area contributed by atoms with Gasteiger partial charge in [-0.3, -0.25) is 13.9 Å². The lowest BCUT2D eigenvalue weighted by atomic mass is 9.96. The van der Waals surface area contributed by atoms with E-state index in [4.69, 9.17) is 9.47 Å². The summed E-state index contributed by atoms with van der Waals surface area (Å²) in [6, 6.07) is 5.83. The fraction of sp³-hybridized carbons (Fsp3) is 0.619. The van der Waals surface area contributed by atoms with Crippen LogP contribution in [0.15, 0.2) is 24.3 Å². The minimum Gasteiger partial charge on any atom is -0.494 e. The summed E-state index contributed by atoms with van der Waals surface area (Å²) in [6.45, 7) is 7.07. The van der Waals surface area contributed by atoms with E-state index >= 15 is 0 Å². The van der Waals surface area contributed by atoms with Crippen molar-refractivity contribution in [3.8, 4) is 5.75 Å². The Kier molecular flexibility index (Phi) is 8.52. The van der Waals surface area contributed by atoms with Crippen LogP contribution in [0.25, 0.3) is 0 Å². The molecule has 1 heterocycles. The second kappa shape index (κ2) is 10.7. The number of carbonyl (C=O) groups excluding carboxylic acids is 2. The number of likely N-dealkylation sites (tertiary alicyclic amines) is 1. The van der Waals surface area contributed by atoms with Crippen molar-refractivity contribution < 1.29 is 27.5 Å². The molecule has 1 amide bonds. The molecule has 1 aliphatic heterocycles. The second-order valence-electron chi connectivity index (χ2n) is 7.26. The van der Waals surface area contributed by atoms with Gasteiger partial charge in [-0.1, -0.05) is 6.92 Å². The summed E-state index contributed by atoms with van der Waals surface area (Å²) in [5.74, 6) is -0.0655. The first-order chi connectivity index (χ1) is 14.2. The van der Waals surface area contributed by atoms with Gasteiger partial charge in [0, 0.05) is 13.1 Å². The highest BCUT2D eigenvalue weighted by Gasteiger charge is 2.36. The van der Waals surface area contributed by atoms with Gasteiger partial charge < -0.3 is 14.4 Å². The molecular weight excluding hydrogens is 408 g/mol. The number of amides is 1. The molecule has 1 aromatic carbocycles. The van der Waals surface area contributed by atoms with Gasteiger partial charge in [-0.15, -0.1) is 0 Å². The van der Waals surface area contributed by atoms with Gasteiger partial charge >= 0.3 is 5.97 Å². The molecule has 168 valence electrons. The Morgan fingerprint density at radius 2 is 1.70 bits per heavy atom. The maximum absolute atomic E-state index is 13.2. The number of hydrogen-bond acceptors (Lipinski definition) is 6. The van der Waals surface area contributed by atoms with Gasteiger partial charge in [-0.2, -0.15) is 0 Å². The fourth-order valence-corrected chi connectivity index (χ4v) is 4.91. The number of esters is 1. The predicted molar refractivity (Wildman–Crippen MR) is 115 cm³/mol. The van der Waals surface area contributed by atoms with Gasteiger partial charge in [-0.05, 0) is 57.4 Å². The number of anilines is 1. The average molecular weight is 441 g/mol. The van der Waals surface area contributed by atoms with Gasteiger partial charge in [-0.25, -0.2) is 8.42 Å². The molecule has 0 radical (unpaired) electrons. The van der Waals surface area contributed by atoms with E-state index in [2.05, 4.69) is 0 Å². The Morgan fingerprint density at radius 3 is 2.17 bits per heavy atom. The summed E-state index contributed by atoms with van der Waals surface area (Å²) in [7, 11) is -3.70. The summed E-state index contributed by atoms with van der Waals surface area (Å²) in [4.78, 5) is 26.8. The maximum Gasteiger partial charge on any atom is 0.309 e. The molecule has 9 heteroatoms. The number of rotatable bonds is 9. The van der Waals surface area contributed by atoms with Crippen LogP contribution < -0.4 is 9.04 Å². The van der Waals surface area contributed by atoms with Crippen molar-refractivity contribution in [2.75, 3.05) is 36.9 Å². The average Bonchev–Trinajstić information content (AvgIpc) is 2.72. The third kappa shape index (κ3) is 5.87. The Hall–Kier alpha value is -2.29. The summed E-state index contributed by atoms with van der Waals surface area (Å²) in [6.07, 6.45) is 2.47. The zero-order valence-corrected chi connectivity index (χ0v) is 19.0. The summed E-state index contributed by atoms with van der Waals surface area (Å²) >= 11 is 0. The zero-order valence-electron chi connectivity index (χ0n) is 18.2. The van der Waals surface area contributed by atoms with Crippen molar-refractivity contribution in [2.45, 2.75) is 46.1 Å². The predicted octanol–water partition coefficient (Wildman–Crippen LogP) is 2.43. The number of carbonyl (C=O) groups is 2. The van der Waals surface area contributed by atoms with Crippen LogP contribution in [0.3, 0.4) is 0 Å². The second-order valence-corrected chi connectivity index (χ2v) is 9.12. The Balaban J connectivity index is 2.19. The standard InChI is InChI=1S/C21H32N2O6S/c1-5-19(20(24)22-14-12-16(13-15-22)21(25)29-7-3)23(30(4,26)27)17-8-10-18(11-9-17)28-6-2/h8-11,16,19H,5-7,12-15H2,1-4H3/t19-/m1/s1. The maximum atomic E-state index is 13.2. The molecule has 0 saturated carbocycles. The van der Waals surface area contributed by atoms with Gasteiger partial charge in [0.05, 0.1) is 31.1 Å². The van der Waals surface area contributed by atoms with E-state index in [0.717, 1.165) is 6.26 Å². The van der Waals surface area contributed by atoms with Gasteiger partial charge in [0.1, 0.15) is 11.8 Å². The van der Waals surface area contributed by atoms with E-state index in [9.17, 15) is 18.0 Å². The smallest absolute Gasteiger partial charge is 0.309 e. The van der Waals surface area contributed by atoms with Gasteiger partial charge in [0.15, 0.2) is 0 Å². The SMILES string of the molecule is CCOC(=O)C1CCN(C(=O)[C@@H](CC)N(c2ccc(OCC)cc2)S(C)(=O)=O)CC1. The monoisotopic (exact) mass is 440 g/mol. The lowest BCUT2D eigenvalue weighted by Crippen LogP contribution is -2.52. The Morgan fingerprint density at radius 1 is 1.10 bits per heavy atom. The molecule has 1 aromatic rings. The van der Waals surface area contributed by atoms with Crippen LogP contribution in [0, 0.1) is 5.92 Å². The molecule has 8 nitrogen and oxygen atoms in total. The minimum atomic E-state index is -3.70. The quantitative estimate of drug-likeness (QED) is 0.548. The number of benzene rings is 1. The molecule has 1 fully saturated rings. The largest absolute Gasteiger partial charge is 0.494 e. The highest BCUT2D eigenvalue weighted by molar-refractivity contribution is 7.92. The van der Waals surface area contributed by atoms with Crippen LogP contribution in [0.5, 0.6) is 5.75 Å². The molecular formula is C21H32N2O6S. The number of ether oxygens (including phenoxy) is 2.